The maximum absolute atomic E-state index is 10.5. The summed E-state index contributed by atoms with van der Waals surface area (Å²) < 4.78 is 16.4. The zero-order chi connectivity index (χ0) is 17.6. The fourth-order valence-corrected chi connectivity index (χ4v) is 3.37. The molecule has 2 aliphatic rings. The molecule has 0 aromatic heterocycles. The number of benzene rings is 1. The third kappa shape index (κ3) is 5.20. The summed E-state index contributed by atoms with van der Waals surface area (Å²) in [5.74, 6) is 0.872. The topological polar surface area (TPSA) is 92.1 Å². The van der Waals surface area contributed by atoms with Crippen LogP contribution in [0.2, 0.25) is 0 Å². The van der Waals surface area contributed by atoms with Gasteiger partial charge in [0.2, 0.25) is 0 Å². The minimum atomic E-state index is -0.778. The van der Waals surface area contributed by atoms with E-state index in [1.807, 2.05) is 12.1 Å². The van der Waals surface area contributed by atoms with Gasteiger partial charge in [-0.15, -0.1) is 22.5 Å². The van der Waals surface area contributed by atoms with Crippen molar-refractivity contribution in [2.75, 3.05) is 26.9 Å². The van der Waals surface area contributed by atoms with Gasteiger partial charge in [0, 0.05) is 0 Å². The van der Waals surface area contributed by atoms with Crippen molar-refractivity contribution in [1.82, 2.24) is 5.32 Å². The number of hydrogen-bond donors (Lipinski definition) is 1. The number of halogens is 1. The van der Waals surface area contributed by atoms with Crippen molar-refractivity contribution in [3.63, 3.8) is 0 Å². The summed E-state index contributed by atoms with van der Waals surface area (Å²) in [5, 5.41) is 13.1. The number of unbranched alkanes of at least 4 members (excludes halogenated alkanes) is 1. The SMILES string of the molecule is COc1ccc(CCCCN[C@H]2CO[C@H]3[C@@H]2OC[C@@H]3O[N+](=O)[O-])cc1.Cl. The van der Waals surface area contributed by atoms with Gasteiger partial charge in [-0.1, -0.05) is 12.1 Å². The molecule has 0 unspecified atom stereocenters. The van der Waals surface area contributed by atoms with Crippen LogP contribution in [-0.4, -0.2) is 56.3 Å². The quantitative estimate of drug-likeness (QED) is 0.391. The van der Waals surface area contributed by atoms with Crippen LogP contribution >= 0.6 is 12.4 Å². The molecular formula is C17H25ClN2O6. The first-order valence-electron chi connectivity index (χ1n) is 8.58. The molecule has 2 heterocycles. The lowest BCUT2D eigenvalue weighted by molar-refractivity contribution is -0.769. The van der Waals surface area contributed by atoms with Crippen LogP contribution in [0.15, 0.2) is 24.3 Å². The molecule has 0 amide bonds. The number of rotatable bonds is 9. The second-order valence-corrected chi connectivity index (χ2v) is 6.33. The fourth-order valence-electron chi connectivity index (χ4n) is 3.37. The van der Waals surface area contributed by atoms with Gasteiger partial charge in [-0.2, -0.15) is 0 Å². The Bertz CT molecular complexity index is 573. The summed E-state index contributed by atoms with van der Waals surface area (Å²) in [4.78, 5) is 15.1. The largest absolute Gasteiger partial charge is 0.497 e. The summed E-state index contributed by atoms with van der Waals surface area (Å²) in [6.45, 7) is 1.55. The van der Waals surface area contributed by atoms with E-state index in [0.29, 0.717) is 6.61 Å². The monoisotopic (exact) mass is 388 g/mol. The molecule has 8 nitrogen and oxygen atoms in total. The van der Waals surface area contributed by atoms with Gasteiger partial charge in [-0.25, -0.2) is 0 Å². The molecule has 1 aromatic carbocycles. The van der Waals surface area contributed by atoms with Gasteiger partial charge >= 0.3 is 0 Å². The normalized spacial score (nSPS) is 26.8. The highest BCUT2D eigenvalue weighted by Crippen LogP contribution is 2.28. The van der Waals surface area contributed by atoms with E-state index in [-0.39, 0.29) is 37.3 Å². The number of hydrogen-bond acceptors (Lipinski definition) is 7. The fraction of sp³-hybridized carbons (Fsp3) is 0.647. The Morgan fingerprint density at radius 3 is 2.62 bits per heavy atom. The predicted molar refractivity (Wildman–Crippen MR) is 96.3 cm³/mol. The maximum Gasteiger partial charge on any atom is 0.294 e. The third-order valence-electron chi connectivity index (χ3n) is 4.69. The van der Waals surface area contributed by atoms with Crippen LogP contribution < -0.4 is 10.1 Å². The number of ether oxygens (including phenoxy) is 3. The molecule has 2 fully saturated rings. The molecule has 0 saturated carbocycles. The number of nitrogens with one attached hydrogen (secondary N) is 1. The van der Waals surface area contributed by atoms with Gasteiger partial charge < -0.3 is 24.4 Å². The van der Waals surface area contributed by atoms with Crippen LogP contribution in [0.5, 0.6) is 5.75 Å². The van der Waals surface area contributed by atoms with Gasteiger partial charge in [-0.3, -0.25) is 0 Å². The van der Waals surface area contributed by atoms with Gasteiger partial charge in [0.15, 0.2) is 6.10 Å². The first kappa shape index (κ1) is 20.7. The highest BCUT2D eigenvalue weighted by atomic mass is 35.5. The Morgan fingerprint density at radius 2 is 1.92 bits per heavy atom. The zero-order valence-corrected chi connectivity index (χ0v) is 15.5. The summed E-state index contributed by atoms with van der Waals surface area (Å²) >= 11 is 0. The summed E-state index contributed by atoms with van der Waals surface area (Å²) in [5.41, 5.74) is 1.30. The van der Waals surface area contributed by atoms with Crippen molar-refractivity contribution < 1.29 is 24.1 Å². The second-order valence-electron chi connectivity index (χ2n) is 6.33. The molecule has 2 aliphatic heterocycles. The van der Waals surface area contributed by atoms with Crippen LogP contribution in [0, 0.1) is 10.1 Å². The van der Waals surface area contributed by atoms with Crippen molar-refractivity contribution in [3.8, 4) is 5.75 Å². The summed E-state index contributed by atoms with van der Waals surface area (Å²) in [6, 6.07) is 8.19. The lowest BCUT2D eigenvalue weighted by Gasteiger charge is -2.17. The number of aryl methyl sites for hydroxylation is 1. The molecule has 0 radical (unpaired) electrons. The average Bonchev–Trinajstić information content (AvgIpc) is 3.18. The Labute approximate surface area is 158 Å². The van der Waals surface area contributed by atoms with E-state index in [1.54, 1.807) is 7.11 Å². The highest BCUT2D eigenvalue weighted by molar-refractivity contribution is 5.85. The lowest BCUT2D eigenvalue weighted by Crippen LogP contribution is -2.42. The molecule has 146 valence electrons. The highest BCUT2D eigenvalue weighted by Gasteiger charge is 2.49. The van der Waals surface area contributed by atoms with E-state index in [9.17, 15) is 10.1 Å². The molecule has 0 bridgehead atoms. The van der Waals surface area contributed by atoms with Gasteiger partial charge in [0.05, 0.1) is 26.4 Å². The van der Waals surface area contributed by atoms with Gasteiger partial charge in [0.25, 0.3) is 5.09 Å². The molecule has 1 aromatic rings. The predicted octanol–water partition coefficient (Wildman–Crippen LogP) is 1.77. The Balaban J connectivity index is 0.00000243. The maximum atomic E-state index is 10.5. The second kappa shape index (κ2) is 9.91. The van der Waals surface area contributed by atoms with Crippen LogP contribution in [0.3, 0.4) is 0 Å². The molecule has 26 heavy (non-hydrogen) atoms. The Hall–Kier alpha value is -1.61. The third-order valence-corrected chi connectivity index (χ3v) is 4.69. The number of methoxy groups -OCH3 is 1. The van der Waals surface area contributed by atoms with Crippen molar-refractivity contribution in [3.05, 3.63) is 39.9 Å². The van der Waals surface area contributed by atoms with Gasteiger partial charge in [-0.05, 0) is 43.5 Å². The van der Waals surface area contributed by atoms with Crippen molar-refractivity contribution in [2.45, 2.75) is 43.6 Å². The lowest BCUT2D eigenvalue weighted by atomic mass is 10.1. The van der Waals surface area contributed by atoms with Crippen molar-refractivity contribution >= 4 is 12.4 Å². The van der Waals surface area contributed by atoms with Crippen LogP contribution in [0.4, 0.5) is 0 Å². The van der Waals surface area contributed by atoms with Crippen molar-refractivity contribution in [2.24, 2.45) is 0 Å². The Kier molecular flexibility index (Phi) is 7.89. The minimum absolute atomic E-state index is 0. The van der Waals surface area contributed by atoms with Crippen LogP contribution in [0.25, 0.3) is 0 Å². The standard InChI is InChI=1S/C17H24N2O6.ClH/c1-22-13-7-5-12(6-8-13)4-2-3-9-18-14-10-23-17-15(25-19(20)21)11-24-16(14)17;/h5-8,14-18H,2-4,9-11H2,1H3;1H/t14-,15-,16+,17+;/m0./s1. The molecule has 2 saturated heterocycles. The minimum Gasteiger partial charge on any atom is -0.497 e. The van der Waals surface area contributed by atoms with E-state index >= 15 is 0 Å². The van der Waals surface area contributed by atoms with E-state index < -0.39 is 11.2 Å². The van der Waals surface area contributed by atoms with E-state index in [0.717, 1.165) is 31.6 Å². The van der Waals surface area contributed by atoms with E-state index in [4.69, 9.17) is 14.2 Å². The molecule has 9 heteroatoms. The first-order chi connectivity index (χ1) is 12.2. The summed E-state index contributed by atoms with van der Waals surface area (Å²) in [7, 11) is 1.66. The molecule has 3 rings (SSSR count). The van der Waals surface area contributed by atoms with E-state index in [2.05, 4.69) is 22.3 Å². The molecule has 0 aliphatic carbocycles. The summed E-state index contributed by atoms with van der Waals surface area (Å²) in [6.07, 6.45) is 1.98. The van der Waals surface area contributed by atoms with Crippen molar-refractivity contribution in [1.29, 1.82) is 0 Å². The number of nitrogens with zero attached hydrogens (tertiary/aromatic N) is 1. The van der Waals surface area contributed by atoms with Crippen LogP contribution in [0.1, 0.15) is 18.4 Å². The zero-order valence-electron chi connectivity index (χ0n) is 14.7. The first-order valence-corrected chi connectivity index (χ1v) is 8.58. The number of fused-ring (bicyclic) bond motifs is 1. The molecule has 4 atom stereocenters. The molecule has 0 spiro atoms. The molecule has 1 N–H and O–H groups in total. The smallest absolute Gasteiger partial charge is 0.294 e. The van der Waals surface area contributed by atoms with Crippen LogP contribution in [-0.2, 0) is 20.7 Å². The Morgan fingerprint density at radius 1 is 1.19 bits per heavy atom. The average molecular weight is 389 g/mol. The van der Waals surface area contributed by atoms with Gasteiger partial charge in [0.1, 0.15) is 18.0 Å². The molecular weight excluding hydrogens is 364 g/mol. The van der Waals surface area contributed by atoms with E-state index in [1.165, 1.54) is 5.56 Å².